The first kappa shape index (κ1) is 17.5. The molecule has 3 rings (SSSR count). The van der Waals surface area contributed by atoms with Crippen molar-refractivity contribution in [2.75, 3.05) is 18.9 Å². The highest BCUT2D eigenvalue weighted by Gasteiger charge is 2.13. The lowest BCUT2D eigenvalue weighted by Gasteiger charge is -2.16. The number of hydrogen-bond donors (Lipinski definition) is 1. The molecule has 0 saturated heterocycles. The largest absolute Gasteiger partial charge is 0.365 e. The molecule has 7 heteroatoms. The summed E-state index contributed by atoms with van der Waals surface area (Å²) in [5.74, 6) is 0.477. The lowest BCUT2D eigenvalue weighted by atomic mass is 10.2. The van der Waals surface area contributed by atoms with E-state index in [4.69, 9.17) is 0 Å². The van der Waals surface area contributed by atoms with Crippen molar-refractivity contribution in [3.05, 3.63) is 78.3 Å². The van der Waals surface area contributed by atoms with Crippen molar-refractivity contribution in [3.63, 3.8) is 0 Å². The van der Waals surface area contributed by atoms with E-state index in [0.29, 0.717) is 24.6 Å². The number of hydrogen-bond acceptors (Lipinski definition) is 6. The monoisotopic (exact) mass is 348 g/mol. The maximum Gasteiger partial charge on any atom is 0.273 e. The third-order valence-corrected chi connectivity index (χ3v) is 3.93. The van der Waals surface area contributed by atoms with Gasteiger partial charge in [-0.2, -0.15) is 0 Å². The Morgan fingerprint density at radius 2 is 1.62 bits per heavy atom. The molecule has 0 radical (unpaired) electrons. The van der Waals surface area contributed by atoms with Gasteiger partial charge in [-0.1, -0.05) is 0 Å². The van der Waals surface area contributed by atoms with Gasteiger partial charge in [-0.05, 0) is 41.8 Å². The second-order valence-corrected chi connectivity index (χ2v) is 5.83. The molecule has 7 nitrogen and oxygen atoms in total. The van der Waals surface area contributed by atoms with E-state index >= 15 is 0 Å². The summed E-state index contributed by atoms with van der Waals surface area (Å²) < 4.78 is 0. The summed E-state index contributed by atoms with van der Waals surface area (Å²) in [5, 5.41) is 3.17. The number of rotatable bonds is 7. The zero-order valence-corrected chi connectivity index (χ0v) is 14.5. The molecule has 3 aromatic rings. The Hall–Kier alpha value is -3.35. The van der Waals surface area contributed by atoms with Crippen LogP contribution < -0.4 is 5.32 Å². The van der Waals surface area contributed by atoms with Crippen LogP contribution in [0.1, 0.15) is 21.6 Å². The number of amides is 1. The van der Waals surface area contributed by atoms with E-state index in [2.05, 4.69) is 25.3 Å². The normalized spacial score (nSPS) is 10.3. The van der Waals surface area contributed by atoms with E-state index in [1.165, 1.54) is 6.20 Å². The van der Waals surface area contributed by atoms with Gasteiger partial charge in [0.15, 0.2) is 0 Å². The molecule has 0 unspecified atom stereocenters. The van der Waals surface area contributed by atoms with Crippen molar-refractivity contribution in [2.24, 2.45) is 0 Å². The number of nitrogens with zero attached hydrogens (tertiary/aromatic N) is 5. The highest BCUT2D eigenvalue weighted by molar-refractivity contribution is 5.91. The van der Waals surface area contributed by atoms with Gasteiger partial charge in [0.05, 0.1) is 12.4 Å². The Morgan fingerprint density at radius 1 is 0.962 bits per heavy atom. The molecule has 1 amide bonds. The highest BCUT2D eigenvalue weighted by atomic mass is 16.2. The Labute approximate surface area is 152 Å². The minimum absolute atomic E-state index is 0.146. The average Bonchev–Trinajstić information content (AvgIpc) is 2.72. The van der Waals surface area contributed by atoms with Crippen molar-refractivity contribution in [1.82, 2.24) is 24.8 Å². The Bertz CT molecular complexity index is 824. The van der Waals surface area contributed by atoms with Crippen molar-refractivity contribution in [2.45, 2.75) is 13.0 Å². The maximum absolute atomic E-state index is 12.4. The van der Waals surface area contributed by atoms with Gasteiger partial charge >= 0.3 is 0 Å². The summed E-state index contributed by atoms with van der Waals surface area (Å²) in [7, 11) is 1.76. The van der Waals surface area contributed by atoms with Crippen molar-refractivity contribution >= 4 is 11.7 Å². The molecule has 0 aliphatic heterocycles. The van der Waals surface area contributed by atoms with Crippen LogP contribution >= 0.6 is 0 Å². The van der Waals surface area contributed by atoms with E-state index < -0.39 is 0 Å². The smallest absolute Gasteiger partial charge is 0.273 e. The Balaban J connectivity index is 1.52. The fraction of sp³-hybridized carbons (Fsp3) is 0.211. The van der Waals surface area contributed by atoms with Gasteiger partial charge in [0.25, 0.3) is 5.91 Å². The van der Waals surface area contributed by atoms with Gasteiger partial charge < -0.3 is 10.2 Å². The number of likely N-dealkylation sites (N-methyl/N-ethyl adjacent to an activating group) is 1. The lowest BCUT2D eigenvalue weighted by Crippen LogP contribution is -2.29. The van der Waals surface area contributed by atoms with Gasteiger partial charge in [0, 0.05) is 44.9 Å². The molecule has 0 atom stereocenters. The molecule has 0 aliphatic carbocycles. The van der Waals surface area contributed by atoms with Crippen LogP contribution in [-0.4, -0.2) is 44.3 Å². The molecule has 0 fully saturated rings. The zero-order chi connectivity index (χ0) is 18.2. The maximum atomic E-state index is 12.4. The number of carbonyl (C=O) groups excluding carboxylic acids is 1. The lowest BCUT2D eigenvalue weighted by molar-refractivity contribution is 0.0790. The van der Waals surface area contributed by atoms with Crippen molar-refractivity contribution < 1.29 is 4.79 Å². The first-order valence-electron chi connectivity index (χ1n) is 8.31. The van der Waals surface area contributed by atoms with Crippen molar-refractivity contribution in [1.29, 1.82) is 0 Å². The summed E-state index contributed by atoms with van der Waals surface area (Å²) in [6.07, 6.45) is 10.8. The first-order chi connectivity index (χ1) is 12.7. The van der Waals surface area contributed by atoms with Gasteiger partial charge in [-0.15, -0.1) is 0 Å². The van der Waals surface area contributed by atoms with E-state index in [-0.39, 0.29) is 5.91 Å². The van der Waals surface area contributed by atoms with Crippen molar-refractivity contribution in [3.8, 4) is 0 Å². The second-order valence-electron chi connectivity index (χ2n) is 5.83. The molecular formula is C19H20N6O. The van der Waals surface area contributed by atoms with E-state index in [9.17, 15) is 4.79 Å². The third-order valence-electron chi connectivity index (χ3n) is 3.93. The predicted molar refractivity (Wildman–Crippen MR) is 98.5 cm³/mol. The number of carbonyl (C=O) groups is 1. The number of aromatic nitrogens is 4. The number of anilines is 1. The Kier molecular flexibility index (Phi) is 5.82. The minimum Gasteiger partial charge on any atom is -0.365 e. The van der Waals surface area contributed by atoms with Crippen LogP contribution in [0.5, 0.6) is 0 Å². The minimum atomic E-state index is -0.146. The molecule has 3 heterocycles. The van der Waals surface area contributed by atoms with Gasteiger partial charge in [0.2, 0.25) is 0 Å². The molecule has 0 spiro atoms. The summed E-state index contributed by atoms with van der Waals surface area (Å²) in [5.41, 5.74) is 2.57. The average molecular weight is 348 g/mol. The zero-order valence-electron chi connectivity index (χ0n) is 14.5. The fourth-order valence-corrected chi connectivity index (χ4v) is 2.37. The predicted octanol–water partition coefficient (Wildman–Crippen LogP) is 2.19. The molecule has 0 bridgehead atoms. The molecular weight excluding hydrogens is 328 g/mol. The van der Waals surface area contributed by atoms with E-state index in [1.807, 2.05) is 24.3 Å². The van der Waals surface area contributed by atoms with Crippen LogP contribution in [0.15, 0.2) is 61.4 Å². The topological polar surface area (TPSA) is 83.9 Å². The van der Waals surface area contributed by atoms with Crippen LogP contribution in [0.2, 0.25) is 0 Å². The molecule has 1 N–H and O–H groups in total. The van der Waals surface area contributed by atoms with Crippen LogP contribution in [0, 0.1) is 0 Å². The molecule has 0 aliphatic rings. The summed E-state index contributed by atoms with van der Waals surface area (Å²) in [4.78, 5) is 30.6. The quantitative estimate of drug-likeness (QED) is 0.705. The van der Waals surface area contributed by atoms with Gasteiger partial charge in [0.1, 0.15) is 11.5 Å². The molecule has 132 valence electrons. The molecule has 3 aromatic heterocycles. The van der Waals surface area contributed by atoms with Crippen LogP contribution in [-0.2, 0) is 13.0 Å². The Morgan fingerprint density at radius 3 is 2.23 bits per heavy atom. The van der Waals surface area contributed by atoms with Gasteiger partial charge in [-0.25, -0.2) is 9.97 Å². The van der Waals surface area contributed by atoms with Gasteiger partial charge in [-0.3, -0.25) is 14.8 Å². The molecule has 0 aromatic carbocycles. The number of pyridine rings is 2. The second kappa shape index (κ2) is 8.66. The summed E-state index contributed by atoms with van der Waals surface area (Å²) in [6.45, 7) is 1.23. The van der Waals surface area contributed by atoms with Crippen LogP contribution in [0.3, 0.4) is 0 Å². The summed E-state index contributed by atoms with van der Waals surface area (Å²) >= 11 is 0. The van der Waals surface area contributed by atoms with Crippen LogP contribution in [0.4, 0.5) is 5.82 Å². The summed E-state index contributed by atoms with van der Waals surface area (Å²) in [6, 6.07) is 7.74. The number of nitrogens with one attached hydrogen (secondary N) is 1. The highest BCUT2D eigenvalue weighted by Crippen LogP contribution is 2.07. The van der Waals surface area contributed by atoms with Crippen LogP contribution in [0.25, 0.3) is 0 Å². The first-order valence-corrected chi connectivity index (χ1v) is 8.31. The SMILES string of the molecule is CN(CCc1ccncc1)C(=O)c1cnc(NCc2ccncc2)cn1. The molecule has 26 heavy (non-hydrogen) atoms. The third kappa shape index (κ3) is 4.83. The molecule has 0 saturated carbocycles. The van der Waals surface area contributed by atoms with E-state index in [1.54, 1.807) is 42.9 Å². The van der Waals surface area contributed by atoms with E-state index in [0.717, 1.165) is 17.5 Å². The standard InChI is InChI=1S/C19H20N6O/c1-25(11-6-15-2-7-20-8-3-15)19(26)17-13-24-18(14-22-17)23-12-16-4-9-21-10-5-16/h2-5,7-10,13-14H,6,11-12H2,1H3,(H,23,24). The fourth-order valence-electron chi connectivity index (χ4n) is 2.37.